The summed E-state index contributed by atoms with van der Waals surface area (Å²) >= 11 is 0. The highest BCUT2D eigenvalue weighted by Crippen LogP contribution is 2.53. The van der Waals surface area contributed by atoms with Crippen LogP contribution in [0, 0.1) is 17.8 Å². The van der Waals surface area contributed by atoms with Crippen molar-refractivity contribution in [3.8, 4) is 0 Å². The van der Waals surface area contributed by atoms with E-state index in [0.29, 0.717) is 12.3 Å². The van der Waals surface area contributed by atoms with Crippen molar-refractivity contribution in [3.05, 3.63) is 29.8 Å². The van der Waals surface area contributed by atoms with Gasteiger partial charge < -0.3 is 5.32 Å². The summed E-state index contributed by atoms with van der Waals surface area (Å²) in [6.45, 7) is 8.06. The van der Waals surface area contributed by atoms with E-state index in [1.165, 1.54) is 4.90 Å². The average molecular weight is 369 g/mol. The Morgan fingerprint density at radius 3 is 2.48 bits per heavy atom. The van der Waals surface area contributed by atoms with Gasteiger partial charge in [0.2, 0.25) is 17.7 Å². The zero-order valence-electron chi connectivity index (χ0n) is 16.3. The van der Waals surface area contributed by atoms with E-state index in [1.54, 1.807) is 0 Å². The molecular weight excluding hydrogens is 342 g/mol. The van der Waals surface area contributed by atoms with Crippen LogP contribution in [0.4, 0.5) is 5.69 Å². The maximum absolute atomic E-state index is 13.4. The predicted octanol–water partition coefficient (Wildman–Crippen LogP) is 2.25. The number of hydrogen-bond acceptors (Lipinski definition) is 4. The Balaban J connectivity index is 1.87. The fraction of sp³-hybridized carbons (Fsp3) is 0.571. The van der Waals surface area contributed by atoms with Crippen LogP contribution in [0.1, 0.15) is 46.1 Å². The Hall–Kier alpha value is -2.21. The van der Waals surface area contributed by atoms with Crippen LogP contribution in [-0.2, 0) is 19.9 Å². The summed E-state index contributed by atoms with van der Waals surface area (Å²) in [4.78, 5) is 41.3. The van der Waals surface area contributed by atoms with Crippen molar-refractivity contribution in [2.24, 2.45) is 17.8 Å². The van der Waals surface area contributed by atoms with E-state index in [1.807, 2.05) is 38.1 Å². The molecule has 0 aromatic heterocycles. The minimum atomic E-state index is -1.16. The largest absolute Gasteiger partial charge is 0.324 e. The number of nitrogens with one attached hydrogen (secondary N) is 2. The quantitative estimate of drug-likeness (QED) is 0.798. The molecule has 0 aliphatic carbocycles. The Kier molecular flexibility index (Phi) is 4.14. The van der Waals surface area contributed by atoms with Gasteiger partial charge in [-0.05, 0) is 31.7 Å². The van der Waals surface area contributed by atoms with Gasteiger partial charge in [-0.2, -0.15) is 0 Å². The number of para-hydroxylation sites is 1. The Morgan fingerprint density at radius 1 is 1.11 bits per heavy atom. The highest BCUT2D eigenvalue weighted by Gasteiger charge is 2.70. The number of nitrogens with zero attached hydrogens (tertiary/aromatic N) is 1. The second kappa shape index (κ2) is 6.16. The zero-order chi connectivity index (χ0) is 19.5. The zero-order valence-corrected chi connectivity index (χ0v) is 16.3. The van der Waals surface area contributed by atoms with Gasteiger partial charge in [-0.1, -0.05) is 39.0 Å². The van der Waals surface area contributed by atoms with Crippen LogP contribution >= 0.6 is 0 Å². The number of carbonyl (C=O) groups is 3. The number of carbonyl (C=O) groups excluding carboxylic acids is 3. The Morgan fingerprint density at radius 2 is 1.81 bits per heavy atom. The number of fused-ring (bicyclic) bond motifs is 4. The molecule has 3 aliphatic rings. The first-order valence-electron chi connectivity index (χ1n) is 9.88. The summed E-state index contributed by atoms with van der Waals surface area (Å²) in [6, 6.07) is 7.12. The molecule has 2 N–H and O–H groups in total. The maximum atomic E-state index is 13.4. The summed E-state index contributed by atoms with van der Waals surface area (Å²) in [5.74, 6) is -1.41. The van der Waals surface area contributed by atoms with E-state index in [9.17, 15) is 14.4 Å². The highest BCUT2D eigenvalue weighted by molar-refractivity contribution is 6.15. The lowest BCUT2D eigenvalue weighted by Gasteiger charge is -2.31. The normalized spacial score (nSPS) is 33.0. The van der Waals surface area contributed by atoms with Gasteiger partial charge in [0.25, 0.3) is 0 Å². The van der Waals surface area contributed by atoms with E-state index in [2.05, 4.69) is 24.5 Å². The molecular formula is C21H27N3O3. The summed E-state index contributed by atoms with van der Waals surface area (Å²) in [5.41, 5.74) is 0.347. The maximum Gasteiger partial charge on any atom is 0.250 e. The Bertz CT molecular complexity index is 821. The second-order valence-corrected chi connectivity index (χ2v) is 8.50. The van der Waals surface area contributed by atoms with Crippen molar-refractivity contribution in [2.75, 3.05) is 5.32 Å². The van der Waals surface area contributed by atoms with Crippen LogP contribution in [0.3, 0.4) is 0 Å². The van der Waals surface area contributed by atoms with Gasteiger partial charge in [0, 0.05) is 23.3 Å². The minimum absolute atomic E-state index is 0.133. The van der Waals surface area contributed by atoms with Crippen LogP contribution in [0.5, 0.6) is 0 Å². The molecule has 1 aromatic carbocycles. The van der Waals surface area contributed by atoms with Crippen LogP contribution in [-0.4, -0.2) is 34.7 Å². The minimum Gasteiger partial charge on any atom is -0.324 e. The van der Waals surface area contributed by atoms with Crippen molar-refractivity contribution < 1.29 is 14.4 Å². The van der Waals surface area contributed by atoms with E-state index < -0.39 is 17.4 Å². The monoisotopic (exact) mass is 369 g/mol. The molecule has 0 radical (unpaired) electrons. The third kappa shape index (κ3) is 2.32. The van der Waals surface area contributed by atoms with Gasteiger partial charge in [0.1, 0.15) is 5.54 Å². The molecule has 0 saturated carbocycles. The molecule has 1 spiro atoms. The molecule has 1 aromatic rings. The molecule has 2 fully saturated rings. The van der Waals surface area contributed by atoms with Crippen molar-refractivity contribution in [2.45, 2.75) is 58.2 Å². The third-order valence-corrected chi connectivity index (χ3v) is 6.41. The number of rotatable bonds is 4. The number of benzene rings is 1. The van der Waals surface area contributed by atoms with Crippen LogP contribution in [0.15, 0.2) is 24.3 Å². The van der Waals surface area contributed by atoms with Gasteiger partial charge in [0.15, 0.2) is 0 Å². The number of likely N-dealkylation sites (tertiary alicyclic amines) is 1. The lowest BCUT2D eigenvalue weighted by Crippen LogP contribution is -2.54. The topological polar surface area (TPSA) is 78.5 Å². The van der Waals surface area contributed by atoms with Gasteiger partial charge in [-0.15, -0.1) is 0 Å². The summed E-state index contributed by atoms with van der Waals surface area (Å²) < 4.78 is 0. The van der Waals surface area contributed by atoms with Gasteiger partial charge in [-0.25, -0.2) is 0 Å². The van der Waals surface area contributed by atoms with Crippen LogP contribution < -0.4 is 10.6 Å². The summed E-state index contributed by atoms with van der Waals surface area (Å²) in [6.07, 6.45) is 1.45. The first-order chi connectivity index (χ1) is 12.8. The van der Waals surface area contributed by atoms with Gasteiger partial charge in [-0.3, -0.25) is 24.6 Å². The molecule has 0 unspecified atom stereocenters. The molecule has 3 heterocycles. The molecule has 3 amide bonds. The van der Waals surface area contributed by atoms with Crippen molar-refractivity contribution >= 4 is 23.4 Å². The molecule has 5 atom stereocenters. The lowest BCUT2D eigenvalue weighted by molar-refractivity contribution is -0.145. The molecule has 0 bridgehead atoms. The van der Waals surface area contributed by atoms with E-state index in [4.69, 9.17) is 0 Å². The molecule has 4 rings (SSSR count). The first kappa shape index (κ1) is 18.2. The fourth-order valence-corrected chi connectivity index (χ4v) is 5.11. The first-order valence-corrected chi connectivity index (χ1v) is 9.88. The highest BCUT2D eigenvalue weighted by atomic mass is 16.2. The molecule has 2 saturated heterocycles. The van der Waals surface area contributed by atoms with E-state index in [0.717, 1.165) is 17.7 Å². The van der Waals surface area contributed by atoms with Crippen molar-refractivity contribution in [1.29, 1.82) is 0 Å². The predicted molar refractivity (Wildman–Crippen MR) is 102 cm³/mol. The van der Waals surface area contributed by atoms with E-state index in [-0.39, 0.29) is 29.8 Å². The third-order valence-electron chi connectivity index (χ3n) is 6.41. The van der Waals surface area contributed by atoms with Crippen LogP contribution in [0.25, 0.3) is 0 Å². The number of anilines is 1. The molecule has 27 heavy (non-hydrogen) atoms. The van der Waals surface area contributed by atoms with Gasteiger partial charge >= 0.3 is 0 Å². The molecule has 6 heteroatoms. The fourth-order valence-electron chi connectivity index (χ4n) is 5.11. The molecule has 144 valence electrons. The molecule has 3 aliphatic heterocycles. The average Bonchev–Trinajstić information content (AvgIpc) is 3.19. The second-order valence-electron chi connectivity index (χ2n) is 8.50. The van der Waals surface area contributed by atoms with Crippen molar-refractivity contribution in [3.63, 3.8) is 0 Å². The smallest absolute Gasteiger partial charge is 0.250 e. The SMILES string of the molecule is CC[C@@H](C)N1C(=O)[C@H]2[C@@H](C1=O)[C@]1(N[C@@H]2CC(C)C)C(=O)Nc2ccccc21. The lowest BCUT2D eigenvalue weighted by atomic mass is 9.76. The van der Waals surface area contributed by atoms with E-state index >= 15 is 0 Å². The Labute approximate surface area is 159 Å². The standard InChI is InChI=1S/C21H27N3O3/c1-5-12(4)24-18(25)16-15(10-11(2)3)23-21(17(16)19(24)26)13-8-6-7-9-14(13)22-20(21)27/h6-9,11-12,15-17,23H,5,10H2,1-4H3,(H,22,27)/t12-,15-,16-,17+,21+/m1/s1. The number of hydrogen-bond donors (Lipinski definition) is 2. The summed E-state index contributed by atoms with van der Waals surface area (Å²) in [7, 11) is 0. The summed E-state index contributed by atoms with van der Waals surface area (Å²) in [5, 5.41) is 6.39. The van der Waals surface area contributed by atoms with Crippen LogP contribution in [0.2, 0.25) is 0 Å². The number of imide groups is 1. The number of amides is 3. The molecule has 6 nitrogen and oxygen atoms in total. The van der Waals surface area contributed by atoms with Gasteiger partial charge in [0.05, 0.1) is 11.8 Å². The van der Waals surface area contributed by atoms with Crippen molar-refractivity contribution in [1.82, 2.24) is 10.2 Å².